The predicted octanol–water partition coefficient (Wildman–Crippen LogP) is 0.228. The Hall–Kier alpha value is -0.120. The fourth-order valence-electron chi connectivity index (χ4n) is 2.12. The summed E-state index contributed by atoms with van der Waals surface area (Å²) in [5.41, 5.74) is 6.16. The Kier molecular flexibility index (Phi) is 2.58. The number of rotatable bonds is 5. The van der Waals surface area contributed by atoms with Gasteiger partial charge in [0.25, 0.3) is 0 Å². The molecule has 13 heavy (non-hydrogen) atoms. The Morgan fingerprint density at radius 2 is 2.08 bits per heavy atom. The largest absolute Gasteiger partial charge is 0.396 e. The minimum absolute atomic E-state index is 0.339. The molecule has 76 valence electrons. The lowest BCUT2D eigenvalue weighted by Crippen LogP contribution is -2.49. The van der Waals surface area contributed by atoms with Gasteiger partial charge in [-0.3, -0.25) is 0 Å². The average Bonchev–Trinajstić information content (AvgIpc) is 2.78. The normalized spacial score (nSPS) is 35.5. The Balaban J connectivity index is 1.62. The molecule has 2 aliphatic carbocycles. The third kappa shape index (κ3) is 2.22. The molecular weight excluding hydrogens is 164 g/mol. The molecule has 2 rings (SSSR count). The molecule has 4 N–H and O–H groups in total. The maximum Gasteiger partial charge on any atom is 0.0436 e. The first-order chi connectivity index (χ1) is 6.24. The Morgan fingerprint density at radius 1 is 1.38 bits per heavy atom. The smallest absolute Gasteiger partial charge is 0.0436 e. The van der Waals surface area contributed by atoms with Crippen LogP contribution < -0.4 is 11.1 Å². The van der Waals surface area contributed by atoms with Crippen LogP contribution in [0, 0.1) is 5.41 Å². The van der Waals surface area contributed by atoms with Gasteiger partial charge in [-0.25, -0.2) is 0 Å². The van der Waals surface area contributed by atoms with E-state index in [-0.39, 0.29) is 0 Å². The summed E-state index contributed by atoms with van der Waals surface area (Å²) in [6, 6.07) is 1.09. The minimum Gasteiger partial charge on any atom is -0.396 e. The van der Waals surface area contributed by atoms with E-state index in [0.717, 1.165) is 25.8 Å². The Labute approximate surface area is 79.7 Å². The van der Waals surface area contributed by atoms with Crippen LogP contribution in [0.3, 0.4) is 0 Å². The van der Waals surface area contributed by atoms with Gasteiger partial charge < -0.3 is 16.2 Å². The van der Waals surface area contributed by atoms with Gasteiger partial charge in [0.1, 0.15) is 0 Å². The van der Waals surface area contributed by atoms with Crippen molar-refractivity contribution in [3.8, 4) is 0 Å². The van der Waals surface area contributed by atoms with Gasteiger partial charge in [-0.1, -0.05) is 0 Å². The van der Waals surface area contributed by atoms with E-state index in [4.69, 9.17) is 10.8 Å². The first kappa shape index (κ1) is 9.44. The third-order valence-corrected chi connectivity index (χ3v) is 3.54. The van der Waals surface area contributed by atoms with Crippen LogP contribution >= 0.6 is 0 Å². The van der Waals surface area contributed by atoms with E-state index in [0.29, 0.717) is 24.1 Å². The summed E-state index contributed by atoms with van der Waals surface area (Å²) in [4.78, 5) is 0. The van der Waals surface area contributed by atoms with Crippen molar-refractivity contribution in [3.05, 3.63) is 0 Å². The average molecular weight is 184 g/mol. The molecule has 2 aliphatic rings. The molecule has 2 saturated carbocycles. The zero-order valence-corrected chi connectivity index (χ0v) is 8.13. The summed E-state index contributed by atoms with van der Waals surface area (Å²) in [7, 11) is 0. The quantitative estimate of drug-likeness (QED) is 0.573. The lowest BCUT2D eigenvalue weighted by Gasteiger charge is -2.34. The fraction of sp³-hybridized carbons (Fsp3) is 1.00. The molecule has 0 heterocycles. The van der Waals surface area contributed by atoms with Crippen molar-refractivity contribution in [2.45, 2.75) is 44.2 Å². The lowest BCUT2D eigenvalue weighted by atomic mass is 9.87. The fourth-order valence-corrected chi connectivity index (χ4v) is 2.12. The van der Waals surface area contributed by atoms with Gasteiger partial charge in [0, 0.05) is 25.2 Å². The third-order valence-electron chi connectivity index (χ3n) is 3.54. The predicted molar refractivity (Wildman–Crippen MR) is 52.4 cm³/mol. The van der Waals surface area contributed by atoms with Gasteiger partial charge >= 0.3 is 0 Å². The molecule has 0 aromatic heterocycles. The lowest BCUT2D eigenvalue weighted by molar-refractivity contribution is 0.225. The molecular formula is C10H20N2O. The summed E-state index contributed by atoms with van der Waals surface area (Å²) < 4.78 is 0. The standard InChI is InChI=1S/C10H20N2O/c11-8-5-9(6-8)12-7-10(1-2-10)3-4-13/h8-9,12-13H,1-7,11H2. The highest BCUT2D eigenvalue weighted by atomic mass is 16.3. The molecule has 0 bridgehead atoms. The van der Waals surface area contributed by atoms with Gasteiger partial charge in [-0.2, -0.15) is 0 Å². The molecule has 0 aromatic carbocycles. The maximum atomic E-state index is 8.87. The molecule has 0 unspecified atom stereocenters. The number of aliphatic hydroxyl groups excluding tert-OH is 1. The molecule has 0 spiro atoms. The van der Waals surface area contributed by atoms with Crippen LogP contribution in [-0.2, 0) is 0 Å². The van der Waals surface area contributed by atoms with Crippen LogP contribution in [-0.4, -0.2) is 30.3 Å². The molecule has 0 amide bonds. The Bertz CT molecular complexity index is 174. The van der Waals surface area contributed by atoms with Crippen LogP contribution in [0.25, 0.3) is 0 Å². The maximum absolute atomic E-state index is 8.87. The van der Waals surface area contributed by atoms with Gasteiger partial charge in [-0.05, 0) is 37.5 Å². The van der Waals surface area contributed by atoms with Crippen LogP contribution in [0.15, 0.2) is 0 Å². The second kappa shape index (κ2) is 3.56. The second-order valence-electron chi connectivity index (χ2n) is 4.78. The summed E-state index contributed by atoms with van der Waals surface area (Å²) in [5, 5.41) is 12.4. The highest BCUT2D eigenvalue weighted by molar-refractivity contribution is 4.97. The summed E-state index contributed by atoms with van der Waals surface area (Å²) in [5.74, 6) is 0. The van der Waals surface area contributed by atoms with Gasteiger partial charge in [0.2, 0.25) is 0 Å². The highest BCUT2D eigenvalue weighted by Crippen LogP contribution is 2.48. The number of nitrogens with one attached hydrogen (secondary N) is 1. The SMILES string of the molecule is NC1CC(NCC2(CCO)CC2)C1. The molecule has 0 atom stereocenters. The van der Waals surface area contributed by atoms with Crippen molar-refractivity contribution in [2.75, 3.05) is 13.2 Å². The van der Waals surface area contributed by atoms with E-state index in [1.165, 1.54) is 12.8 Å². The number of hydrogen-bond donors (Lipinski definition) is 3. The van der Waals surface area contributed by atoms with Crippen molar-refractivity contribution < 1.29 is 5.11 Å². The van der Waals surface area contributed by atoms with E-state index in [2.05, 4.69) is 5.32 Å². The topological polar surface area (TPSA) is 58.3 Å². The van der Waals surface area contributed by atoms with E-state index in [1.54, 1.807) is 0 Å². The van der Waals surface area contributed by atoms with E-state index in [9.17, 15) is 0 Å². The minimum atomic E-state index is 0.339. The van der Waals surface area contributed by atoms with Crippen molar-refractivity contribution >= 4 is 0 Å². The molecule has 3 heteroatoms. The van der Waals surface area contributed by atoms with Crippen molar-refractivity contribution in [1.82, 2.24) is 5.32 Å². The summed E-state index contributed by atoms with van der Waals surface area (Å²) in [6.07, 6.45) is 5.82. The van der Waals surface area contributed by atoms with E-state index >= 15 is 0 Å². The zero-order valence-electron chi connectivity index (χ0n) is 8.13. The molecule has 0 saturated heterocycles. The molecule has 3 nitrogen and oxygen atoms in total. The highest BCUT2D eigenvalue weighted by Gasteiger charge is 2.42. The van der Waals surface area contributed by atoms with Gasteiger partial charge in [0.05, 0.1) is 0 Å². The monoisotopic (exact) mass is 184 g/mol. The summed E-state index contributed by atoms with van der Waals surface area (Å²) >= 11 is 0. The molecule has 0 aromatic rings. The van der Waals surface area contributed by atoms with Crippen molar-refractivity contribution in [2.24, 2.45) is 11.1 Å². The number of nitrogens with two attached hydrogens (primary N) is 1. The first-order valence-corrected chi connectivity index (χ1v) is 5.34. The Morgan fingerprint density at radius 3 is 2.54 bits per heavy atom. The molecule has 0 radical (unpaired) electrons. The molecule has 2 fully saturated rings. The van der Waals surface area contributed by atoms with Crippen molar-refractivity contribution in [3.63, 3.8) is 0 Å². The van der Waals surface area contributed by atoms with Crippen LogP contribution in [0.2, 0.25) is 0 Å². The zero-order chi connectivity index (χ0) is 9.31. The first-order valence-electron chi connectivity index (χ1n) is 5.34. The van der Waals surface area contributed by atoms with E-state index < -0.39 is 0 Å². The summed E-state index contributed by atoms with van der Waals surface area (Å²) in [6.45, 7) is 1.43. The van der Waals surface area contributed by atoms with Crippen molar-refractivity contribution in [1.29, 1.82) is 0 Å². The van der Waals surface area contributed by atoms with Crippen LogP contribution in [0.5, 0.6) is 0 Å². The molecule has 0 aliphatic heterocycles. The van der Waals surface area contributed by atoms with Crippen LogP contribution in [0.4, 0.5) is 0 Å². The number of aliphatic hydroxyl groups is 1. The number of hydrogen-bond acceptors (Lipinski definition) is 3. The van der Waals surface area contributed by atoms with Gasteiger partial charge in [-0.15, -0.1) is 0 Å². The van der Waals surface area contributed by atoms with E-state index in [1.807, 2.05) is 0 Å². The van der Waals surface area contributed by atoms with Gasteiger partial charge in [0.15, 0.2) is 0 Å². The van der Waals surface area contributed by atoms with Crippen LogP contribution in [0.1, 0.15) is 32.1 Å². The second-order valence-corrected chi connectivity index (χ2v) is 4.78.